The summed E-state index contributed by atoms with van der Waals surface area (Å²) in [6, 6.07) is 7.31. The van der Waals surface area contributed by atoms with Gasteiger partial charge in [0.25, 0.3) is 0 Å². The zero-order valence-corrected chi connectivity index (χ0v) is 12.5. The van der Waals surface area contributed by atoms with E-state index < -0.39 is 6.10 Å². The van der Waals surface area contributed by atoms with E-state index in [1.165, 1.54) is 31.7 Å². The summed E-state index contributed by atoms with van der Waals surface area (Å²) in [4.78, 5) is 4.85. The fourth-order valence-electron chi connectivity index (χ4n) is 3.67. The number of benzene rings is 1. The van der Waals surface area contributed by atoms with Crippen LogP contribution in [0, 0.1) is 5.82 Å². The van der Waals surface area contributed by atoms with Crippen LogP contribution < -0.4 is 0 Å². The highest BCUT2D eigenvalue weighted by Gasteiger charge is 2.27. The maximum absolute atomic E-state index is 13.7. The number of aliphatic hydroxyl groups excluding tert-OH is 1. The number of aliphatic hydroxyl groups is 1. The molecule has 1 N–H and O–H groups in total. The molecule has 1 unspecified atom stereocenters. The summed E-state index contributed by atoms with van der Waals surface area (Å²) in [6.45, 7) is 4.63. The highest BCUT2D eigenvalue weighted by molar-refractivity contribution is 5.20. The smallest absolute Gasteiger partial charge is 0.129 e. The second kappa shape index (κ2) is 6.86. The lowest BCUT2D eigenvalue weighted by Crippen LogP contribution is -2.50. The van der Waals surface area contributed by atoms with Gasteiger partial charge in [-0.2, -0.15) is 0 Å². The zero-order chi connectivity index (χ0) is 14.7. The third kappa shape index (κ3) is 3.62. The first kappa shape index (κ1) is 14.9. The first-order valence-electron chi connectivity index (χ1n) is 8.13. The van der Waals surface area contributed by atoms with Crippen molar-refractivity contribution < 1.29 is 9.50 Å². The van der Waals surface area contributed by atoms with Crippen LogP contribution in [0.2, 0.25) is 0 Å². The third-order valence-corrected chi connectivity index (χ3v) is 4.94. The average Bonchev–Trinajstić information content (AvgIpc) is 3.02. The van der Waals surface area contributed by atoms with Crippen molar-refractivity contribution in [3.05, 3.63) is 35.6 Å². The van der Waals surface area contributed by atoms with Gasteiger partial charge in [0.2, 0.25) is 0 Å². The first-order valence-corrected chi connectivity index (χ1v) is 8.13. The predicted molar refractivity (Wildman–Crippen MR) is 81.6 cm³/mol. The Kier molecular flexibility index (Phi) is 4.88. The molecule has 21 heavy (non-hydrogen) atoms. The fourth-order valence-corrected chi connectivity index (χ4v) is 3.67. The molecule has 0 amide bonds. The maximum Gasteiger partial charge on any atom is 0.129 e. The number of halogens is 1. The van der Waals surface area contributed by atoms with Crippen molar-refractivity contribution in [3.63, 3.8) is 0 Å². The Morgan fingerprint density at radius 3 is 2.43 bits per heavy atom. The molecule has 116 valence electrons. The van der Waals surface area contributed by atoms with Gasteiger partial charge in [0, 0.05) is 44.3 Å². The molecule has 3 rings (SSSR count). The monoisotopic (exact) mass is 292 g/mol. The normalized spacial score (nSPS) is 23.5. The molecule has 1 aliphatic heterocycles. The minimum absolute atomic E-state index is 0.311. The molecule has 1 aromatic carbocycles. The van der Waals surface area contributed by atoms with E-state index in [1.807, 2.05) is 0 Å². The van der Waals surface area contributed by atoms with Crippen LogP contribution in [0.3, 0.4) is 0 Å². The molecule has 1 saturated heterocycles. The van der Waals surface area contributed by atoms with Crippen molar-refractivity contribution in [2.24, 2.45) is 0 Å². The topological polar surface area (TPSA) is 26.7 Å². The lowest BCUT2D eigenvalue weighted by molar-refractivity contribution is 0.0558. The molecule has 0 spiro atoms. The standard InChI is InChI=1S/C17H25FN2O/c18-16-8-4-3-7-15(16)17(21)13-19-9-11-20(12-10-19)14-5-1-2-6-14/h3-4,7-8,14,17,21H,1-2,5-6,9-13H2. The molecule has 0 aromatic heterocycles. The van der Waals surface area contributed by atoms with E-state index in [-0.39, 0.29) is 5.82 Å². The van der Waals surface area contributed by atoms with Crippen LogP contribution in [0.4, 0.5) is 4.39 Å². The van der Waals surface area contributed by atoms with Crippen molar-refractivity contribution in [1.82, 2.24) is 9.80 Å². The fraction of sp³-hybridized carbons (Fsp3) is 0.647. The molecule has 0 bridgehead atoms. The minimum atomic E-state index is -0.732. The van der Waals surface area contributed by atoms with E-state index in [9.17, 15) is 9.50 Å². The van der Waals surface area contributed by atoms with Gasteiger partial charge < -0.3 is 5.11 Å². The summed E-state index contributed by atoms with van der Waals surface area (Å²) in [5, 5.41) is 10.2. The van der Waals surface area contributed by atoms with Gasteiger partial charge in [0.05, 0.1) is 6.10 Å². The lowest BCUT2D eigenvalue weighted by Gasteiger charge is -2.38. The Morgan fingerprint density at radius 2 is 1.76 bits per heavy atom. The second-order valence-electron chi connectivity index (χ2n) is 6.31. The van der Waals surface area contributed by atoms with Gasteiger partial charge in [-0.05, 0) is 18.9 Å². The van der Waals surface area contributed by atoms with Crippen LogP contribution in [0.1, 0.15) is 37.4 Å². The van der Waals surface area contributed by atoms with Crippen molar-refractivity contribution in [3.8, 4) is 0 Å². The quantitative estimate of drug-likeness (QED) is 0.923. The molecular formula is C17H25FN2O. The first-order chi connectivity index (χ1) is 10.2. The Labute approximate surface area is 126 Å². The van der Waals surface area contributed by atoms with Crippen LogP contribution in [0.5, 0.6) is 0 Å². The summed E-state index contributed by atoms with van der Waals surface area (Å²) in [6.07, 6.45) is 4.70. The molecule has 1 heterocycles. The van der Waals surface area contributed by atoms with E-state index in [4.69, 9.17) is 0 Å². The molecule has 1 aromatic rings. The van der Waals surface area contributed by atoms with Gasteiger partial charge in [-0.3, -0.25) is 9.80 Å². The molecular weight excluding hydrogens is 267 g/mol. The highest BCUT2D eigenvalue weighted by Crippen LogP contribution is 2.25. The number of hydrogen-bond donors (Lipinski definition) is 1. The lowest BCUT2D eigenvalue weighted by atomic mass is 10.1. The van der Waals surface area contributed by atoms with Crippen LogP contribution >= 0.6 is 0 Å². The zero-order valence-electron chi connectivity index (χ0n) is 12.5. The molecule has 3 nitrogen and oxygen atoms in total. The number of rotatable bonds is 4. The third-order valence-electron chi connectivity index (χ3n) is 4.94. The van der Waals surface area contributed by atoms with E-state index in [0.29, 0.717) is 12.1 Å². The summed E-state index contributed by atoms with van der Waals surface area (Å²) >= 11 is 0. The maximum atomic E-state index is 13.7. The van der Waals surface area contributed by atoms with E-state index in [1.54, 1.807) is 18.2 Å². The van der Waals surface area contributed by atoms with Crippen LogP contribution in [0.25, 0.3) is 0 Å². The number of piperazine rings is 1. The molecule has 1 aliphatic carbocycles. The van der Waals surface area contributed by atoms with Crippen molar-refractivity contribution in [1.29, 1.82) is 0 Å². The molecule has 0 radical (unpaired) electrons. The Balaban J connectivity index is 1.50. The van der Waals surface area contributed by atoms with Crippen molar-refractivity contribution >= 4 is 0 Å². The SMILES string of the molecule is OC(CN1CCN(C2CCCC2)CC1)c1ccccc1F. The van der Waals surface area contributed by atoms with Gasteiger partial charge in [0.1, 0.15) is 5.82 Å². The highest BCUT2D eigenvalue weighted by atomic mass is 19.1. The summed E-state index contributed by atoms with van der Waals surface area (Å²) < 4.78 is 13.7. The van der Waals surface area contributed by atoms with E-state index in [2.05, 4.69) is 9.80 Å². The molecule has 2 fully saturated rings. The average molecular weight is 292 g/mol. The summed E-state index contributed by atoms with van der Waals surface area (Å²) in [7, 11) is 0. The largest absolute Gasteiger partial charge is 0.387 e. The number of nitrogens with zero attached hydrogens (tertiary/aromatic N) is 2. The van der Waals surface area contributed by atoms with Gasteiger partial charge in [-0.25, -0.2) is 4.39 Å². The van der Waals surface area contributed by atoms with Gasteiger partial charge in [0.15, 0.2) is 0 Å². The minimum Gasteiger partial charge on any atom is -0.387 e. The Bertz CT molecular complexity index is 454. The van der Waals surface area contributed by atoms with E-state index >= 15 is 0 Å². The molecule has 1 atom stereocenters. The summed E-state index contributed by atoms with van der Waals surface area (Å²) in [5.41, 5.74) is 0.413. The van der Waals surface area contributed by atoms with Crippen LogP contribution in [-0.2, 0) is 0 Å². The summed E-state index contributed by atoms with van der Waals surface area (Å²) in [5.74, 6) is -0.311. The Morgan fingerprint density at radius 1 is 1.10 bits per heavy atom. The molecule has 1 saturated carbocycles. The van der Waals surface area contributed by atoms with Gasteiger partial charge in [-0.1, -0.05) is 31.0 Å². The molecule has 4 heteroatoms. The van der Waals surface area contributed by atoms with Crippen LogP contribution in [0.15, 0.2) is 24.3 Å². The second-order valence-corrected chi connectivity index (χ2v) is 6.31. The number of hydrogen-bond acceptors (Lipinski definition) is 3. The van der Waals surface area contributed by atoms with Crippen molar-refractivity contribution in [2.45, 2.75) is 37.8 Å². The predicted octanol–water partition coefficient (Wildman–Crippen LogP) is 2.42. The van der Waals surface area contributed by atoms with Gasteiger partial charge >= 0.3 is 0 Å². The molecule has 2 aliphatic rings. The van der Waals surface area contributed by atoms with Crippen molar-refractivity contribution in [2.75, 3.05) is 32.7 Å². The van der Waals surface area contributed by atoms with E-state index in [0.717, 1.165) is 32.2 Å². The Hall–Kier alpha value is -0.970. The van der Waals surface area contributed by atoms with Gasteiger partial charge in [-0.15, -0.1) is 0 Å². The van der Waals surface area contributed by atoms with Crippen LogP contribution in [-0.4, -0.2) is 53.7 Å². The number of β-amino-alcohol motifs (C(OH)–C–C–N with tert-alkyl or cyclic N) is 1.